The maximum absolute atomic E-state index is 5.76. The van der Waals surface area contributed by atoms with Gasteiger partial charge in [-0.25, -0.2) is 0 Å². The average Bonchev–Trinajstić information content (AvgIpc) is 1.83. The molecule has 0 aliphatic rings. The Morgan fingerprint density at radius 3 is 1.73 bits per heavy atom. The van der Waals surface area contributed by atoms with Crippen molar-refractivity contribution >= 4 is 33.9 Å². The summed E-state index contributed by atoms with van der Waals surface area (Å²) in [6.45, 7) is 11.8. The van der Waals surface area contributed by atoms with Gasteiger partial charge in [-0.2, -0.15) is 0 Å². The van der Waals surface area contributed by atoms with Gasteiger partial charge in [-0.3, -0.25) is 0 Å². The van der Waals surface area contributed by atoms with E-state index in [1.807, 2.05) is 7.11 Å². The van der Waals surface area contributed by atoms with E-state index < -0.39 is 16.1 Å². The molecule has 0 aromatic carbocycles. The minimum atomic E-state index is -1.36. The van der Waals surface area contributed by atoms with E-state index in [0.29, 0.717) is 3.71 Å². The van der Waals surface area contributed by atoms with Crippen LogP contribution < -0.4 is 0 Å². The van der Waals surface area contributed by atoms with Crippen LogP contribution in [0.15, 0.2) is 0 Å². The molecule has 0 aromatic heterocycles. The van der Waals surface area contributed by atoms with Crippen LogP contribution in [0.3, 0.4) is 0 Å². The molecule has 0 saturated heterocycles. The third kappa shape index (κ3) is 2.46. The fraction of sp³-hybridized carbons (Fsp3) is 1.00. The Balaban J connectivity index is 4.61. The average molecular weight is 182 g/mol. The Hall–Kier alpha value is 0.991. The predicted octanol–water partition coefficient (Wildman–Crippen LogP) is 1.68. The summed E-state index contributed by atoms with van der Waals surface area (Å²) in [6, 6.07) is 0. The van der Waals surface area contributed by atoms with E-state index >= 15 is 0 Å². The molecule has 62 valence electrons. The van der Waals surface area contributed by atoms with Crippen LogP contribution in [0, 0.1) is 0 Å². The first-order chi connectivity index (χ1) is 4.75. The van der Waals surface area contributed by atoms with Gasteiger partial charge < -0.3 is 0 Å². The van der Waals surface area contributed by atoms with Gasteiger partial charge in [-0.1, -0.05) is 0 Å². The van der Waals surface area contributed by atoms with Crippen molar-refractivity contribution in [2.75, 3.05) is 7.11 Å². The fourth-order valence-corrected chi connectivity index (χ4v) is 10.8. The monoisotopic (exact) mass is 182 g/mol. The molecule has 0 spiro atoms. The van der Waals surface area contributed by atoms with Gasteiger partial charge in [0, 0.05) is 0 Å². The Morgan fingerprint density at radius 2 is 1.73 bits per heavy atom. The van der Waals surface area contributed by atoms with Crippen molar-refractivity contribution in [3.63, 3.8) is 0 Å². The zero-order valence-corrected chi connectivity index (χ0v) is 11.1. The van der Waals surface area contributed by atoms with Crippen molar-refractivity contribution in [1.29, 1.82) is 0 Å². The second kappa shape index (κ2) is 3.80. The van der Waals surface area contributed by atoms with E-state index in [1.165, 1.54) is 0 Å². The molecule has 0 bridgehead atoms. The van der Waals surface area contributed by atoms with E-state index in [1.54, 1.807) is 0 Å². The van der Waals surface area contributed by atoms with Crippen LogP contribution in [0.5, 0.6) is 0 Å². The Kier molecular flexibility index (Phi) is 4.14. The quantitative estimate of drug-likeness (QED) is 0.603. The van der Waals surface area contributed by atoms with Crippen LogP contribution in [-0.2, 0) is 4.43 Å². The molecule has 0 aliphatic carbocycles. The maximum atomic E-state index is 5.76. The van der Waals surface area contributed by atoms with E-state index in [4.69, 9.17) is 4.43 Å². The summed E-state index contributed by atoms with van der Waals surface area (Å²) >= 11 is 2.32. The molecule has 0 amide bonds. The van der Waals surface area contributed by atoms with Crippen molar-refractivity contribution in [3.05, 3.63) is 0 Å². The third-order valence-electron chi connectivity index (χ3n) is 3.01. The summed E-state index contributed by atoms with van der Waals surface area (Å²) in [5, 5.41) is 0. The first kappa shape index (κ1) is 12.0. The molecule has 1 unspecified atom stereocenters. The van der Waals surface area contributed by atoms with E-state index in [2.05, 4.69) is 51.2 Å². The van der Waals surface area contributed by atoms with Gasteiger partial charge in [0.15, 0.2) is 0 Å². The Labute approximate surface area is 82.6 Å². The van der Waals surface area contributed by atoms with Crippen molar-refractivity contribution in [3.8, 4) is 0 Å². The van der Waals surface area contributed by atoms with Gasteiger partial charge in [-0.05, 0) is 0 Å². The van der Waals surface area contributed by atoms with Gasteiger partial charge in [0.05, 0.1) is 0 Å². The minimum absolute atomic E-state index is 0.405. The molecule has 0 fully saturated rings. The van der Waals surface area contributed by atoms with Crippen LogP contribution in [0.4, 0.5) is 0 Å². The van der Waals surface area contributed by atoms with Crippen molar-refractivity contribution < 1.29 is 4.43 Å². The molecular weight excluding hydrogens is 163 g/mol. The summed E-state index contributed by atoms with van der Waals surface area (Å²) in [4.78, 5) is 0. The molecule has 0 aromatic rings. The standard InChI is InChI=1S/C7H19OSi2.Li/c1-7(2)10(6,8-3)9(4)5;/h9H,1-6H3;. The topological polar surface area (TPSA) is 9.23 Å². The SMILES string of the molecule is [Li][C](C)(C)[Si](C)(OC)[SiH](C)C. The summed E-state index contributed by atoms with van der Waals surface area (Å²) < 4.78 is 6.17. The van der Waals surface area contributed by atoms with Crippen LogP contribution in [0.25, 0.3) is 0 Å². The second-order valence-electron chi connectivity index (χ2n) is 4.72. The molecule has 0 rings (SSSR count). The van der Waals surface area contributed by atoms with Crippen molar-refractivity contribution in [1.82, 2.24) is 0 Å². The van der Waals surface area contributed by atoms with E-state index in [9.17, 15) is 0 Å². The predicted molar refractivity (Wildman–Crippen MR) is 57.3 cm³/mol. The van der Waals surface area contributed by atoms with Crippen LogP contribution in [-0.4, -0.2) is 41.0 Å². The van der Waals surface area contributed by atoms with Gasteiger partial charge in [0.2, 0.25) is 0 Å². The summed E-state index contributed by atoms with van der Waals surface area (Å²) in [5.41, 5.74) is 0. The fourth-order valence-electron chi connectivity index (χ4n) is 1.41. The number of rotatable bonds is 3. The molecule has 0 heterocycles. The molecule has 1 nitrogen and oxygen atoms in total. The summed E-state index contributed by atoms with van der Waals surface area (Å²) in [5.74, 6) is 0. The molecule has 4 heteroatoms. The molecular formula is C7H19LiOSi2. The van der Waals surface area contributed by atoms with Gasteiger partial charge in [0.1, 0.15) is 0 Å². The first-order valence-corrected chi connectivity index (χ1v) is 10.8. The van der Waals surface area contributed by atoms with Gasteiger partial charge in [0.25, 0.3) is 0 Å². The number of hydrogen-bond acceptors (Lipinski definition) is 1. The zero-order valence-electron chi connectivity index (χ0n) is 8.99. The zero-order chi connectivity index (χ0) is 9.28. The van der Waals surface area contributed by atoms with E-state index in [0.717, 1.165) is 0 Å². The molecule has 0 radical (unpaired) electrons. The normalized spacial score (nSPS) is 18.6. The van der Waals surface area contributed by atoms with Crippen LogP contribution in [0.1, 0.15) is 13.8 Å². The van der Waals surface area contributed by atoms with Gasteiger partial charge >= 0.3 is 82.6 Å². The van der Waals surface area contributed by atoms with Crippen LogP contribution >= 0.6 is 0 Å². The molecule has 11 heavy (non-hydrogen) atoms. The number of hydrogen-bond donors (Lipinski definition) is 0. The first-order valence-electron chi connectivity index (χ1n) is 4.31. The van der Waals surface area contributed by atoms with E-state index in [-0.39, 0.29) is 0 Å². The molecule has 0 aliphatic heterocycles. The third-order valence-corrected chi connectivity index (χ3v) is 19.0. The van der Waals surface area contributed by atoms with Crippen molar-refractivity contribution in [2.24, 2.45) is 0 Å². The molecule has 1 atom stereocenters. The van der Waals surface area contributed by atoms with Crippen LogP contribution in [0.2, 0.25) is 23.4 Å². The summed E-state index contributed by atoms with van der Waals surface area (Å²) in [7, 11) is -0.0789. The molecule has 0 N–H and O–H groups in total. The summed E-state index contributed by atoms with van der Waals surface area (Å²) in [6.07, 6.45) is 0. The Morgan fingerprint density at radius 1 is 1.36 bits per heavy atom. The molecule has 0 saturated carbocycles. The Bertz CT molecular complexity index is 133. The van der Waals surface area contributed by atoms with Gasteiger partial charge in [-0.15, -0.1) is 0 Å². The second-order valence-corrected chi connectivity index (χ2v) is 17.9. The van der Waals surface area contributed by atoms with Crippen molar-refractivity contribution in [2.45, 2.75) is 37.2 Å².